The quantitative estimate of drug-likeness (QED) is 0.445. The molecule has 104 valence electrons. The maximum Gasteiger partial charge on any atom is 0.263 e. The van der Waals surface area contributed by atoms with E-state index in [1.807, 2.05) is 31.7 Å². The SMILES string of the molecule is CC(C)(C)NC(=O)/C(C#N)=C\N1CCN(C=O)CC1. The summed E-state index contributed by atoms with van der Waals surface area (Å²) in [5.74, 6) is -0.368. The lowest BCUT2D eigenvalue weighted by atomic mass is 10.1. The molecule has 0 saturated carbocycles. The van der Waals surface area contributed by atoms with Crippen LogP contribution in [0.25, 0.3) is 0 Å². The van der Waals surface area contributed by atoms with Gasteiger partial charge >= 0.3 is 0 Å². The Hall–Kier alpha value is -2.03. The Kier molecular flexibility index (Phi) is 4.93. The maximum absolute atomic E-state index is 11.9. The van der Waals surface area contributed by atoms with Crippen molar-refractivity contribution in [2.75, 3.05) is 26.2 Å². The van der Waals surface area contributed by atoms with Crippen molar-refractivity contribution in [3.05, 3.63) is 11.8 Å². The van der Waals surface area contributed by atoms with E-state index in [2.05, 4.69) is 5.32 Å². The molecule has 1 aliphatic heterocycles. The normalized spacial score (nSPS) is 16.8. The van der Waals surface area contributed by atoms with E-state index < -0.39 is 0 Å². The van der Waals surface area contributed by atoms with Crippen molar-refractivity contribution in [3.63, 3.8) is 0 Å². The standard InChI is InChI=1S/C13H20N4O2/c1-13(2,3)15-12(19)11(8-14)9-16-4-6-17(10-18)7-5-16/h9-10H,4-7H2,1-3H3,(H,15,19)/b11-9-. The Morgan fingerprint density at radius 2 is 1.74 bits per heavy atom. The Balaban J connectivity index is 2.65. The minimum Gasteiger partial charge on any atom is -0.373 e. The van der Waals surface area contributed by atoms with Crippen LogP contribution in [0.5, 0.6) is 0 Å². The van der Waals surface area contributed by atoms with E-state index in [1.165, 1.54) is 0 Å². The first-order valence-electron chi connectivity index (χ1n) is 6.23. The zero-order chi connectivity index (χ0) is 14.5. The predicted octanol–water partition coefficient (Wildman–Crippen LogP) is 0.0826. The largest absolute Gasteiger partial charge is 0.373 e. The Morgan fingerprint density at radius 3 is 2.16 bits per heavy atom. The molecule has 19 heavy (non-hydrogen) atoms. The number of carbonyl (C=O) groups is 2. The molecule has 1 rings (SSSR count). The Bertz CT molecular complexity index is 409. The zero-order valence-corrected chi connectivity index (χ0v) is 11.6. The minimum atomic E-state index is -0.372. The Morgan fingerprint density at radius 1 is 1.21 bits per heavy atom. The average Bonchev–Trinajstić information content (AvgIpc) is 2.34. The predicted molar refractivity (Wildman–Crippen MR) is 70.8 cm³/mol. The van der Waals surface area contributed by atoms with Crippen LogP contribution >= 0.6 is 0 Å². The van der Waals surface area contributed by atoms with Crippen LogP contribution in [-0.2, 0) is 9.59 Å². The smallest absolute Gasteiger partial charge is 0.263 e. The van der Waals surface area contributed by atoms with Gasteiger partial charge in [0.2, 0.25) is 6.41 Å². The Labute approximate surface area is 113 Å². The van der Waals surface area contributed by atoms with Gasteiger partial charge in [0.15, 0.2) is 0 Å². The molecule has 0 radical (unpaired) electrons. The highest BCUT2D eigenvalue weighted by Crippen LogP contribution is 2.06. The molecular weight excluding hydrogens is 244 g/mol. The molecule has 0 unspecified atom stereocenters. The summed E-state index contributed by atoms with van der Waals surface area (Å²) in [5, 5.41) is 11.8. The van der Waals surface area contributed by atoms with Gasteiger partial charge in [-0.15, -0.1) is 0 Å². The van der Waals surface area contributed by atoms with E-state index in [1.54, 1.807) is 11.1 Å². The third kappa shape index (κ3) is 5.00. The van der Waals surface area contributed by atoms with Crippen LogP contribution in [-0.4, -0.2) is 53.8 Å². The molecule has 6 heteroatoms. The molecule has 0 aromatic rings. The van der Waals surface area contributed by atoms with Crippen molar-refractivity contribution >= 4 is 12.3 Å². The highest BCUT2D eigenvalue weighted by molar-refractivity contribution is 5.97. The molecule has 0 aromatic carbocycles. The van der Waals surface area contributed by atoms with Crippen LogP contribution in [0.3, 0.4) is 0 Å². The van der Waals surface area contributed by atoms with E-state index in [-0.39, 0.29) is 17.0 Å². The van der Waals surface area contributed by atoms with E-state index in [0.29, 0.717) is 26.2 Å². The summed E-state index contributed by atoms with van der Waals surface area (Å²) < 4.78 is 0. The molecule has 1 fully saturated rings. The fourth-order valence-corrected chi connectivity index (χ4v) is 1.70. The molecule has 0 atom stereocenters. The van der Waals surface area contributed by atoms with E-state index in [0.717, 1.165) is 6.41 Å². The zero-order valence-electron chi connectivity index (χ0n) is 11.6. The molecule has 1 aliphatic rings. The first kappa shape index (κ1) is 15.0. The van der Waals surface area contributed by atoms with Gasteiger partial charge in [-0.3, -0.25) is 9.59 Å². The molecule has 2 amide bonds. The second-order valence-electron chi connectivity index (χ2n) is 5.54. The van der Waals surface area contributed by atoms with Crippen LogP contribution in [0.1, 0.15) is 20.8 Å². The van der Waals surface area contributed by atoms with Crippen molar-refractivity contribution in [1.82, 2.24) is 15.1 Å². The number of nitriles is 1. The number of nitrogens with zero attached hydrogens (tertiary/aromatic N) is 3. The number of amides is 2. The van der Waals surface area contributed by atoms with Gasteiger partial charge in [-0.25, -0.2) is 0 Å². The van der Waals surface area contributed by atoms with Crippen molar-refractivity contribution < 1.29 is 9.59 Å². The van der Waals surface area contributed by atoms with Crippen LogP contribution in [0.4, 0.5) is 0 Å². The fourth-order valence-electron chi connectivity index (χ4n) is 1.70. The number of carbonyl (C=O) groups excluding carboxylic acids is 2. The van der Waals surface area contributed by atoms with E-state index >= 15 is 0 Å². The van der Waals surface area contributed by atoms with Gasteiger partial charge < -0.3 is 15.1 Å². The average molecular weight is 264 g/mol. The van der Waals surface area contributed by atoms with Gasteiger partial charge in [0, 0.05) is 37.9 Å². The van der Waals surface area contributed by atoms with E-state index in [4.69, 9.17) is 5.26 Å². The van der Waals surface area contributed by atoms with Gasteiger partial charge in [0.05, 0.1) is 0 Å². The number of hydrogen-bond acceptors (Lipinski definition) is 4. The molecule has 0 bridgehead atoms. The van der Waals surface area contributed by atoms with Crippen LogP contribution < -0.4 is 5.32 Å². The lowest BCUT2D eigenvalue weighted by Crippen LogP contribution is -2.44. The van der Waals surface area contributed by atoms with Crippen molar-refractivity contribution in [3.8, 4) is 6.07 Å². The second-order valence-corrected chi connectivity index (χ2v) is 5.54. The molecular formula is C13H20N4O2. The summed E-state index contributed by atoms with van der Waals surface area (Å²) >= 11 is 0. The molecule has 1 N–H and O–H groups in total. The fraction of sp³-hybridized carbons (Fsp3) is 0.615. The van der Waals surface area contributed by atoms with Gasteiger partial charge in [0.25, 0.3) is 5.91 Å². The minimum absolute atomic E-state index is 0.0921. The lowest BCUT2D eigenvalue weighted by Gasteiger charge is -2.31. The second kappa shape index (κ2) is 6.23. The highest BCUT2D eigenvalue weighted by Gasteiger charge is 2.19. The van der Waals surface area contributed by atoms with Crippen LogP contribution in [0.15, 0.2) is 11.8 Å². The third-order valence-electron chi connectivity index (χ3n) is 2.66. The topological polar surface area (TPSA) is 76.4 Å². The molecule has 6 nitrogen and oxygen atoms in total. The van der Waals surface area contributed by atoms with E-state index in [9.17, 15) is 9.59 Å². The number of hydrogen-bond donors (Lipinski definition) is 1. The molecule has 1 saturated heterocycles. The summed E-state index contributed by atoms with van der Waals surface area (Å²) in [6.45, 7) is 8.08. The molecule has 0 spiro atoms. The number of nitrogens with one attached hydrogen (secondary N) is 1. The summed E-state index contributed by atoms with van der Waals surface area (Å²) in [4.78, 5) is 26.0. The molecule has 1 heterocycles. The molecule has 0 aliphatic carbocycles. The lowest BCUT2D eigenvalue weighted by molar-refractivity contribution is -0.120. The van der Waals surface area contributed by atoms with Gasteiger partial charge in [-0.05, 0) is 20.8 Å². The van der Waals surface area contributed by atoms with Gasteiger partial charge in [-0.1, -0.05) is 0 Å². The summed E-state index contributed by atoms with van der Waals surface area (Å²) in [5.41, 5.74) is -0.280. The number of piperazine rings is 1. The first-order valence-corrected chi connectivity index (χ1v) is 6.23. The maximum atomic E-state index is 11.9. The van der Waals surface area contributed by atoms with Gasteiger partial charge in [0.1, 0.15) is 11.6 Å². The summed E-state index contributed by atoms with van der Waals surface area (Å²) in [6, 6.07) is 1.92. The summed E-state index contributed by atoms with van der Waals surface area (Å²) in [7, 11) is 0. The third-order valence-corrected chi connectivity index (χ3v) is 2.66. The highest BCUT2D eigenvalue weighted by atomic mass is 16.2. The monoisotopic (exact) mass is 264 g/mol. The first-order chi connectivity index (χ1) is 8.85. The number of rotatable bonds is 3. The van der Waals surface area contributed by atoms with Crippen LogP contribution in [0, 0.1) is 11.3 Å². The van der Waals surface area contributed by atoms with Crippen molar-refractivity contribution in [2.24, 2.45) is 0 Å². The van der Waals surface area contributed by atoms with Gasteiger partial charge in [-0.2, -0.15) is 5.26 Å². The van der Waals surface area contributed by atoms with Crippen molar-refractivity contribution in [2.45, 2.75) is 26.3 Å². The molecule has 0 aromatic heterocycles. The van der Waals surface area contributed by atoms with Crippen LogP contribution in [0.2, 0.25) is 0 Å². The summed E-state index contributed by atoms with van der Waals surface area (Å²) in [6.07, 6.45) is 2.39. The van der Waals surface area contributed by atoms with Crippen molar-refractivity contribution in [1.29, 1.82) is 5.26 Å².